The molecule has 0 radical (unpaired) electrons. The van der Waals surface area contributed by atoms with E-state index in [9.17, 15) is 18.8 Å². The molecule has 0 spiro atoms. The van der Waals surface area contributed by atoms with Crippen LogP contribution < -0.4 is 10.7 Å². The van der Waals surface area contributed by atoms with Crippen molar-refractivity contribution in [2.45, 2.75) is 26.9 Å². The number of halogens is 2. The Hall–Kier alpha value is -3.98. The lowest BCUT2D eigenvalue weighted by atomic mass is 10.1. The second-order valence-electron chi connectivity index (χ2n) is 9.65. The molecule has 202 valence electrons. The van der Waals surface area contributed by atoms with Crippen molar-refractivity contribution < 1.29 is 18.4 Å². The Morgan fingerprint density at radius 3 is 2.36 bits per heavy atom. The maximum Gasteiger partial charge on any atom is 0.322 e. The fourth-order valence-electron chi connectivity index (χ4n) is 4.16. The second kappa shape index (κ2) is 12.7. The van der Waals surface area contributed by atoms with E-state index in [0.29, 0.717) is 34.3 Å². The highest BCUT2D eigenvalue weighted by Crippen LogP contribution is 2.22. The van der Waals surface area contributed by atoms with Gasteiger partial charge in [0.1, 0.15) is 17.9 Å². The molecule has 0 fully saturated rings. The smallest absolute Gasteiger partial charge is 0.322 e. The van der Waals surface area contributed by atoms with Crippen LogP contribution in [0.1, 0.15) is 25.0 Å². The molecule has 1 aromatic heterocycles. The van der Waals surface area contributed by atoms with Crippen molar-refractivity contribution in [1.29, 1.82) is 0 Å². The van der Waals surface area contributed by atoms with Gasteiger partial charge in [0.2, 0.25) is 5.91 Å². The summed E-state index contributed by atoms with van der Waals surface area (Å²) >= 11 is 3.43. The number of nitrogens with zero attached hydrogens (tertiary/aromatic N) is 2. The molecule has 0 aliphatic heterocycles. The fraction of sp³-hybridized carbons (Fsp3) is 0.233. The molecule has 3 aromatic carbocycles. The lowest BCUT2D eigenvalue weighted by Gasteiger charge is -2.29. The molecule has 4 rings (SSSR count). The molecule has 0 aliphatic carbocycles. The Morgan fingerprint density at radius 2 is 1.64 bits per heavy atom. The Labute approximate surface area is 234 Å². The first-order valence-corrected chi connectivity index (χ1v) is 13.3. The number of carbonyl (C=O) groups excluding carboxylic acids is 2. The average molecular weight is 594 g/mol. The highest BCUT2D eigenvalue weighted by molar-refractivity contribution is 9.10. The molecule has 0 bridgehead atoms. The van der Waals surface area contributed by atoms with Crippen LogP contribution in [0.25, 0.3) is 11.0 Å². The number of hydrogen-bond donors (Lipinski definition) is 1. The number of carbonyl (C=O) groups is 2. The Bertz CT molecular complexity index is 1520. The normalized spacial score (nSPS) is 11.0. The summed E-state index contributed by atoms with van der Waals surface area (Å²) in [5.74, 6) is -0.658. The van der Waals surface area contributed by atoms with E-state index in [1.807, 2.05) is 26.0 Å². The minimum atomic E-state index is -0.420. The third kappa shape index (κ3) is 7.32. The Morgan fingerprint density at radius 1 is 0.949 bits per heavy atom. The van der Waals surface area contributed by atoms with Crippen LogP contribution in [0, 0.1) is 11.7 Å². The summed E-state index contributed by atoms with van der Waals surface area (Å²) in [6.07, 6.45) is 1.36. The van der Waals surface area contributed by atoms with Crippen molar-refractivity contribution in [2.75, 3.05) is 18.4 Å². The van der Waals surface area contributed by atoms with Crippen LogP contribution in [0.15, 0.2) is 92.7 Å². The topological polar surface area (TPSA) is 82.9 Å². The first kappa shape index (κ1) is 28.0. The van der Waals surface area contributed by atoms with Crippen molar-refractivity contribution in [3.63, 3.8) is 0 Å². The molecule has 1 N–H and O–H groups in total. The number of hydrogen-bond acceptors (Lipinski definition) is 4. The van der Waals surface area contributed by atoms with Crippen molar-refractivity contribution in [1.82, 2.24) is 9.80 Å². The number of nitrogens with one attached hydrogen (secondary N) is 1. The molecule has 0 atom stereocenters. The average Bonchev–Trinajstić information content (AvgIpc) is 2.91. The zero-order chi connectivity index (χ0) is 27.9. The van der Waals surface area contributed by atoms with Gasteiger partial charge < -0.3 is 19.5 Å². The third-order valence-corrected chi connectivity index (χ3v) is 6.76. The largest absolute Gasteiger partial charge is 0.464 e. The molecule has 39 heavy (non-hydrogen) atoms. The molecule has 1 heterocycles. The minimum Gasteiger partial charge on any atom is -0.464 e. The summed E-state index contributed by atoms with van der Waals surface area (Å²) in [5.41, 5.74) is 1.79. The molecule has 0 unspecified atom stereocenters. The number of rotatable bonds is 9. The fourth-order valence-corrected chi connectivity index (χ4v) is 4.54. The van der Waals surface area contributed by atoms with Gasteiger partial charge in [0.15, 0.2) is 5.43 Å². The zero-order valence-electron chi connectivity index (χ0n) is 21.7. The van der Waals surface area contributed by atoms with E-state index in [4.69, 9.17) is 4.42 Å². The van der Waals surface area contributed by atoms with Crippen LogP contribution in [-0.4, -0.2) is 34.8 Å². The van der Waals surface area contributed by atoms with Gasteiger partial charge in [-0.3, -0.25) is 9.59 Å². The van der Waals surface area contributed by atoms with Crippen molar-refractivity contribution in [2.24, 2.45) is 5.92 Å². The molecule has 9 heteroatoms. The molecule has 4 aromatic rings. The summed E-state index contributed by atoms with van der Waals surface area (Å²) in [7, 11) is 0. The maximum atomic E-state index is 13.7. The molecule has 0 saturated heterocycles. The predicted octanol–water partition coefficient (Wildman–Crippen LogP) is 6.41. The summed E-state index contributed by atoms with van der Waals surface area (Å²) in [6.45, 7) is 4.12. The van der Waals surface area contributed by atoms with Gasteiger partial charge >= 0.3 is 6.03 Å². The number of anilines is 1. The van der Waals surface area contributed by atoms with Crippen LogP contribution in [0.4, 0.5) is 14.9 Å². The van der Waals surface area contributed by atoms with Gasteiger partial charge in [0.05, 0.1) is 29.4 Å². The molecular weight excluding hydrogens is 565 g/mol. The van der Waals surface area contributed by atoms with E-state index in [1.54, 1.807) is 48.5 Å². The first-order valence-electron chi connectivity index (χ1n) is 12.5. The Balaban J connectivity index is 1.61. The van der Waals surface area contributed by atoms with E-state index in [-0.39, 0.29) is 36.9 Å². The van der Waals surface area contributed by atoms with E-state index >= 15 is 0 Å². The van der Waals surface area contributed by atoms with Gasteiger partial charge in [-0.1, -0.05) is 50.2 Å². The molecule has 3 amide bonds. The van der Waals surface area contributed by atoms with E-state index < -0.39 is 11.8 Å². The Kier molecular flexibility index (Phi) is 9.14. The lowest BCUT2D eigenvalue weighted by Crippen LogP contribution is -2.45. The summed E-state index contributed by atoms with van der Waals surface area (Å²) in [5, 5.41) is 3.27. The predicted molar refractivity (Wildman–Crippen MR) is 153 cm³/mol. The molecule has 7 nitrogen and oxygen atoms in total. The minimum absolute atomic E-state index is 0.0370. The van der Waals surface area contributed by atoms with Crippen molar-refractivity contribution in [3.05, 3.63) is 111 Å². The molecule has 0 saturated carbocycles. The maximum absolute atomic E-state index is 13.7. The van der Waals surface area contributed by atoms with Crippen LogP contribution >= 0.6 is 15.9 Å². The SMILES string of the molecule is CC(C)CN(CC(=O)N(Cc1ccc(F)cc1)Cc1coc2ccccc2c1=O)C(=O)Nc1ccccc1Br. The number of urea groups is 1. The van der Waals surface area contributed by atoms with Crippen molar-refractivity contribution >= 4 is 44.5 Å². The van der Waals surface area contributed by atoms with Gasteiger partial charge in [0.25, 0.3) is 0 Å². The quantitative estimate of drug-likeness (QED) is 0.243. The van der Waals surface area contributed by atoms with Crippen molar-refractivity contribution in [3.8, 4) is 0 Å². The summed E-state index contributed by atoms with van der Waals surface area (Å²) < 4.78 is 19.9. The van der Waals surface area contributed by atoms with Gasteiger partial charge in [-0.15, -0.1) is 0 Å². The van der Waals surface area contributed by atoms with E-state index in [0.717, 1.165) is 4.47 Å². The lowest BCUT2D eigenvalue weighted by molar-refractivity contribution is -0.133. The number of benzene rings is 3. The van der Waals surface area contributed by atoms with Crippen LogP contribution in [-0.2, 0) is 17.9 Å². The zero-order valence-corrected chi connectivity index (χ0v) is 23.3. The standard InChI is InChI=1S/C30H29BrFN3O4/c1-20(2)15-35(30(38)33-26-9-5-4-8-25(26)31)18-28(36)34(16-21-11-13-23(32)14-12-21)17-22-19-39-27-10-6-3-7-24(27)29(22)37/h3-14,19-20H,15-18H2,1-2H3,(H,33,38). The highest BCUT2D eigenvalue weighted by Gasteiger charge is 2.24. The highest BCUT2D eigenvalue weighted by atomic mass is 79.9. The number of fused-ring (bicyclic) bond motifs is 1. The van der Waals surface area contributed by atoms with Gasteiger partial charge in [-0.2, -0.15) is 0 Å². The van der Waals surface area contributed by atoms with E-state index in [2.05, 4.69) is 21.2 Å². The van der Waals surface area contributed by atoms with E-state index in [1.165, 1.54) is 28.2 Å². The monoisotopic (exact) mass is 593 g/mol. The summed E-state index contributed by atoms with van der Waals surface area (Å²) in [4.78, 5) is 43.0. The second-order valence-corrected chi connectivity index (χ2v) is 10.5. The van der Waals surface area contributed by atoms with Gasteiger partial charge in [0, 0.05) is 17.6 Å². The summed E-state index contributed by atoms with van der Waals surface area (Å²) in [6, 6.07) is 19.5. The van der Waals surface area contributed by atoms with Crippen LogP contribution in [0.5, 0.6) is 0 Å². The molecule has 0 aliphatic rings. The third-order valence-electron chi connectivity index (χ3n) is 6.07. The number of para-hydroxylation sites is 2. The first-order chi connectivity index (χ1) is 18.7. The van der Waals surface area contributed by atoms with Gasteiger partial charge in [-0.05, 0) is 63.8 Å². The number of amides is 3. The van der Waals surface area contributed by atoms with Gasteiger partial charge in [-0.25, -0.2) is 9.18 Å². The van der Waals surface area contributed by atoms with Crippen LogP contribution in [0.3, 0.4) is 0 Å². The van der Waals surface area contributed by atoms with Crippen LogP contribution in [0.2, 0.25) is 0 Å². The molecular formula is C30H29BrFN3O4.